The summed E-state index contributed by atoms with van der Waals surface area (Å²) in [6.45, 7) is 4.46. The highest BCUT2D eigenvalue weighted by Gasteiger charge is 2.41. The van der Waals surface area contributed by atoms with E-state index in [0.29, 0.717) is 12.5 Å². The van der Waals surface area contributed by atoms with Crippen LogP contribution in [0.3, 0.4) is 0 Å². The van der Waals surface area contributed by atoms with Crippen molar-refractivity contribution >= 4 is 0 Å². The molecule has 0 saturated carbocycles. The highest BCUT2D eigenvalue weighted by Crippen LogP contribution is 2.30. The molecule has 2 rings (SSSR count). The number of aliphatic hydroxyl groups is 1. The van der Waals surface area contributed by atoms with Crippen molar-refractivity contribution in [1.82, 2.24) is 15.0 Å². The molecular formula is C14H16F3N3O. The van der Waals surface area contributed by atoms with Crippen LogP contribution in [0.25, 0.3) is 0 Å². The number of rotatable bonds is 4. The van der Waals surface area contributed by atoms with Gasteiger partial charge in [0.25, 0.3) is 0 Å². The molecule has 1 N–H and O–H groups in total. The van der Waals surface area contributed by atoms with Gasteiger partial charge in [0.2, 0.25) is 0 Å². The van der Waals surface area contributed by atoms with Gasteiger partial charge in [-0.25, -0.2) is 4.68 Å². The maximum Gasteiger partial charge on any atom is 0.420 e. The molecule has 2 aromatic rings. The standard InChI is InChI=1S/C14H16F3N3O/c1-9(2)11-5-3-10(4-6-11)7-20-8-12(18-19-20)13(21)14(15,16)17/h3-6,8-9,13,21H,7H2,1-2H3. The molecule has 114 valence electrons. The summed E-state index contributed by atoms with van der Waals surface area (Å²) in [6.07, 6.45) is -6.23. The normalized spacial score (nSPS) is 13.7. The maximum absolute atomic E-state index is 12.4. The molecular weight excluding hydrogens is 283 g/mol. The van der Waals surface area contributed by atoms with Crippen LogP contribution in [0.4, 0.5) is 13.2 Å². The summed E-state index contributed by atoms with van der Waals surface area (Å²) in [4.78, 5) is 0. The third kappa shape index (κ3) is 3.81. The predicted molar refractivity (Wildman–Crippen MR) is 70.7 cm³/mol. The van der Waals surface area contributed by atoms with Crippen LogP contribution in [-0.2, 0) is 6.54 Å². The Bertz CT molecular complexity index is 590. The summed E-state index contributed by atoms with van der Waals surface area (Å²) in [5.41, 5.74) is 1.59. The van der Waals surface area contributed by atoms with Gasteiger partial charge in [-0.3, -0.25) is 0 Å². The monoisotopic (exact) mass is 299 g/mol. The van der Waals surface area contributed by atoms with Crippen LogP contribution in [0.15, 0.2) is 30.5 Å². The van der Waals surface area contributed by atoms with Crippen molar-refractivity contribution in [3.63, 3.8) is 0 Å². The molecule has 0 aliphatic carbocycles. The van der Waals surface area contributed by atoms with Gasteiger partial charge in [-0.2, -0.15) is 13.2 Å². The lowest BCUT2D eigenvalue weighted by molar-refractivity contribution is -0.208. The molecule has 1 heterocycles. The molecule has 21 heavy (non-hydrogen) atoms. The Kier molecular flexibility index (Phi) is 4.32. The van der Waals surface area contributed by atoms with Crippen molar-refractivity contribution in [2.24, 2.45) is 0 Å². The lowest BCUT2D eigenvalue weighted by Crippen LogP contribution is -2.20. The first-order chi connectivity index (χ1) is 9.77. The van der Waals surface area contributed by atoms with Gasteiger partial charge in [0.15, 0.2) is 6.10 Å². The minimum absolute atomic E-state index is 0.302. The van der Waals surface area contributed by atoms with Gasteiger partial charge in [0.05, 0.1) is 12.7 Å². The van der Waals surface area contributed by atoms with Gasteiger partial charge in [0, 0.05) is 0 Å². The predicted octanol–water partition coefficient (Wildman–Crippen LogP) is 3.05. The quantitative estimate of drug-likeness (QED) is 0.944. The van der Waals surface area contributed by atoms with Crippen LogP contribution >= 0.6 is 0 Å². The molecule has 7 heteroatoms. The van der Waals surface area contributed by atoms with Gasteiger partial charge < -0.3 is 5.11 Å². The number of aliphatic hydroxyl groups excluding tert-OH is 1. The Morgan fingerprint density at radius 3 is 2.33 bits per heavy atom. The van der Waals surface area contributed by atoms with E-state index in [1.165, 1.54) is 10.2 Å². The average Bonchev–Trinajstić information content (AvgIpc) is 2.85. The number of nitrogens with zero attached hydrogens (tertiary/aromatic N) is 3. The second kappa shape index (κ2) is 5.85. The highest BCUT2D eigenvalue weighted by atomic mass is 19.4. The summed E-state index contributed by atoms with van der Waals surface area (Å²) in [7, 11) is 0. The van der Waals surface area contributed by atoms with Crippen molar-refractivity contribution in [1.29, 1.82) is 0 Å². The van der Waals surface area contributed by atoms with E-state index in [0.717, 1.165) is 11.8 Å². The first-order valence-electron chi connectivity index (χ1n) is 6.51. The topological polar surface area (TPSA) is 50.9 Å². The van der Waals surface area contributed by atoms with Gasteiger partial charge in [-0.15, -0.1) is 5.10 Å². The lowest BCUT2D eigenvalue weighted by Gasteiger charge is -2.10. The average molecular weight is 299 g/mol. The third-order valence-corrected chi connectivity index (χ3v) is 3.14. The first kappa shape index (κ1) is 15.5. The minimum Gasteiger partial charge on any atom is -0.378 e. The van der Waals surface area contributed by atoms with Gasteiger partial charge in [-0.05, 0) is 17.0 Å². The Morgan fingerprint density at radius 2 is 1.81 bits per heavy atom. The fourth-order valence-corrected chi connectivity index (χ4v) is 1.88. The molecule has 1 aromatic carbocycles. The minimum atomic E-state index is -4.74. The molecule has 0 spiro atoms. The fraction of sp³-hybridized carbons (Fsp3) is 0.429. The van der Waals surface area contributed by atoms with E-state index in [1.54, 1.807) is 0 Å². The Morgan fingerprint density at radius 1 is 1.19 bits per heavy atom. The van der Waals surface area contributed by atoms with Gasteiger partial charge in [-0.1, -0.05) is 43.3 Å². The van der Waals surface area contributed by atoms with E-state index >= 15 is 0 Å². The van der Waals surface area contributed by atoms with Gasteiger partial charge in [0.1, 0.15) is 5.69 Å². The van der Waals surface area contributed by atoms with E-state index < -0.39 is 18.0 Å². The summed E-state index contributed by atoms with van der Waals surface area (Å²) in [5, 5.41) is 16.1. The highest BCUT2D eigenvalue weighted by molar-refractivity contribution is 5.24. The zero-order chi connectivity index (χ0) is 15.6. The largest absolute Gasteiger partial charge is 0.420 e. The van der Waals surface area contributed by atoms with Crippen molar-refractivity contribution in [3.05, 3.63) is 47.3 Å². The zero-order valence-electron chi connectivity index (χ0n) is 11.7. The molecule has 1 aromatic heterocycles. The van der Waals surface area contributed by atoms with Gasteiger partial charge >= 0.3 is 6.18 Å². The molecule has 0 aliphatic rings. The van der Waals surface area contributed by atoms with Crippen molar-refractivity contribution in [2.45, 2.75) is 38.6 Å². The Labute approximate surface area is 120 Å². The lowest BCUT2D eigenvalue weighted by atomic mass is 10.0. The van der Waals surface area contributed by atoms with E-state index in [-0.39, 0.29) is 0 Å². The van der Waals surface area contributed by atoms with E-state index in [2.05, 4.69) is 24.2 Å². The summed E-state index contributed by atoms with van der Waals surface area (Å²) >= 11 is 0. The zero-order valence-corrected chi connectivity index (χ0v) is 11.7. The number of hydrogen-bond donors (Lipinski definition) is 1. The third-order valence-electron chi connectivity index (χ3n) is 3.14. The fourth-order valence-electron chi connectivity index (χ4n) is 1.88. The van der Waals surface area contributed by atoms with Crippen LogP contribution < -0.4 is 0 Å². The molecule has 0 fully saturated rings. The maximum atomic E-state index is 12.4. The molecule has 4 nitrogen and oxygen atoms in total. The summed E-state index contributed by atoms with van der Waals surface area (Å²) < 4.78 is 38.4. The Balaban J connectivity index is 2.09. The van der Waals surface area contributed by atoms with E-state index in [9.17, 15) is 13.2 Å². The van der Waals surface area contributed by atoms with Crippen LogP contribution in [0.2, 0.25) is 0 Å². The second-order valence-corrected chi connectivity index (χ2v) is 5.18. The number of hydrogen-bond acceptors (Lipinski definition) is 3. The number of benzene rings is 1. The molecule has 0 bridgehead atoms. The van der Waals surface area contributed by atoms with Crippen molar-refractivity contribution < 1.29 is 18.3 Å². The van der Waals surface area contributed by atoms with Crippen LogP contribution in [0, 0.1) is 0 Å². The van der Waals surface area contributed by atoms with E-state index in [4.69, 9.17) is 5.11 Å². The molecule has 1 unspecified atom stereocenters. The molecule has 1 atom stereocenters. The SMILES string of the molecule is CC(C)c1ccc(Cn2cc(C(O)C(F)(F)F)nn2)cc1. The summed E-state index contributed by atoms with van der Waals surface area (Å²) in [6, 6.07) is 7.75. The molecule has 0 aliphatic heterocycles. The second-order valence-electron chi connectivity index (χ2n) is 5.18. The van der Waals surface area contributed by atoms with Crippen molar-refractivity contribution in [2.75, 3.05) is 0 Å². The van der Waals surface area contributed by atoms with E-state index in [1.807, 2.05) is 24.3 Å². The summed E-state index contributed by atoms with van der Waals surface area (Å²) in [5.74, 6) is 0.416. The number of aromatic nitrogens is 3. The number of halogens is 3. The number of alkyl halides is 3. The smallest absolute Gasteiger partial charge is 0.378 e. The molecule has 0 radical (unpaired) electrons. The van der Waals surface area contributed by atoms with Crippen LogP contribution in [0.1, 0.15) is 42.7 Å². The molecule has 0 saturated heterocycles. The van der Waals surface area contributed by atoms with Crippen LogP contribution in [0.5, 0.6) is 0 Å². The van der Waals surface area contributed by atoms with Crippen LogP contribution in [-0.4, -0.2) is 26.3 Å². The van der Waals surface area contributed by atoms with Crippen molar-refractivity contribution in [3.8, 4) is 0 Å². The molecule has 0 amide bonds. The first-order valence-corrected chi connectivity index (χ1v) is 6.51. The Hall–Kier alpha value is -1.89.